The number of fused-ring (bicyclic) bond motifs is 3. The van der Waals surface area contributed by atoms with Crippen LogP contribution in [0.3, 0.4) is 0 Å². The molecule has 35 heavy (non-hydrogen) atoms. The molecular weight excluding hydrogens is 469 g/mol. The molecule has 2 aliphatic rings. The van der Waals surface area contributed by atoms with Gasteiger partial charge >= 0.3 is 6.18 Å². The average molecular weight is 484 g/mol. The molecule has 0 atom stereocenters. The Bertz CT molecular complexity index is 1480. The van der Waals surface area contributed by atoms with Crippen molar-refractivity contribution < 1.29 is 36.9 Å². The summed E-state index contributed by atoms with van der Waals surface area (Å²) in [7, 11) is 0. The predicted molar refractivity (Wildman–Crippen MR) is 113 cm³/mol. The first-order chi connectivity index (χ1) is 16.8. The van der Waals surface area contributed by atoms with Crippen molar-refractivity contribution in [3.8, 4) is 34.3 Å². The van der Waals surface area contributed by atoms with Gasteiger partial charge in [0.25, 0.3) is 5.91 Å². The molecule has 9 nitrogen and oxygen atoms in total. The quantitative estimate of drug-likeness (QED) is 0.471. The summed E-state index contributed by atoms with van der Waals surface area (Å²) >= 11 is 0. The van der Waals surface area contributed by atoms with Crippen LogP contribution in [0.15, 0.2) is 48.5 Å². The van der Waals surface area contributed by atoms with E-state index in [1.54, 1.807) is 36.4 Å². The smallest absolute Gasteiger partial charge is 0.433 e. The van der Waals surface area contributed by atoms with Crippen molar-refractivity contribution in [3.63, 3.8) is 0 Å². The standard InChI is InChI=1S/C23H15F3N4O5/c24-23(25,26)20-7-14(13-2-4-17-19(6-13)35-11-33-17)28-21-8-15(29-30(20)21)22(31)27-9-12-1-3-16-18(5-12)34-10-32-16/h1-8H,9-11H2,(H,27,31). The predicted octanol–water partition coefficient (Wildman–Crippen LogP) is 3.80. The third-order valence-electron chi connectivity index (χ3n) is 5.51. The SMILES string of the molecule is O=C(NCc1ccc2c(c1)OCO2)c1cc2nc(-c3ccc4c(c3)OCO4)cc(C(F)(F)F)n2n1. The molecule has 0 saturated carbocycles. The maximum absolute atomic E-state index is 13.9. The van der Waals surface area contributed by atoms with Gasteiger partial charge in [0, 0.05) is 18.2 Å². The maximum Gasteiger partial charge on any atom is 0.433 e. The number of halogens is 3. The highest BCUT2D eigenvalue weighted by atomic mass is 19.4. The number of hydrogen-bond acceptors (Lipinski definition) is 7. The zero-order valence-electron chi connectivity index (χ0n) is 17.8. The molecule has 4 heterocycles. The zero-order valence-corrected chi connectivity index (χ0v) is 17.8. The molecule has 6 rings (SSSR count). The summed E-state index contributed by atoms with van der Waals surface area (Å²) in [5.41, 5.74) is -0.213. The number of benzene rings is 2. The number of aromatic nitrogens is 3. The van der Waals surface area contributed by atoms with E-state index in [-0.39, 0.29) is 37.2 Å². The average Bonchev–Trinajstić information content (AvgIpc) is 3.59. The van der Waals surface area contributed by atoms with Crippen LogP contribution in [0.25, 0.3) is 16.9 Å². The highest BCUT2D eigenvalue weighted by Crippen LogP contribution is 2.37. The lowest BCUT2D eigenvalue weighted by Crippen LogP contribution is -2.23. The number of rotatable bonds is 4. The first-order valence-electron chi connectivity index (χ1n) is 10.4. The molecule has 178 valence electrons. The largest absolute Gasteiger partial charge is 0.454 e. The van der Waals surface area contributed by atoms with E-state index in [4.69, 9.17) is 18.9 Å². The molecule has 0 saturated heterocycles. The minimum atomic E-state index is -4.74. The third kappa shape index (κ3) is 3.82. The number of alkyl halides is 3. The van der Waals surface area contributed by atoms with Crippen LogP contribution in [0, 0.1) is 0 Å². The molecule has 0 bridgehead atoms. The van der Waals surface area contributed by atoms with Crippen molar-refractivity contribution in [1.29, 1.82) is 0 Å². The molecule has 0 unspecified atom stereocenters. The number of nitrogens with zero attached hydrogens (tertiary/aromatic N) is 3. The summed E-state index contributed by atoms with van der Waals surface area (Å²) in [5, 5.41) is 6.52. The first-order valence-corrected chi connectivity index (χ1v) is 10.4. The lowest BCUT2D eigenvalue weighted by Gasteiger charge is -2.11. The fraction of sp³-hybridized carbons (Fsp3) is 0.174. The van der Waals surface area contributed by atoms with Crippen LogP contribution < -0.4 is 24.3 Å². The van der Waals surface area contributed by atoms with Crippen LogP contribution in [0.1, 0.15) is 21.7 Å². The topological polar surface area (TPSA) is 96.2 Å². The Kier molecular flexibility index (Phi) is 4.69. The minimum Gasteiger partial charge on any atom is -0.454 e. The second-order valence-corrected chi connectivity index (χ2v) is 7.76. The molecule has 4 aromatic rings. The van der Waals surface area contributed by atoms with E-state index < -0.39 is 17.8 Å². The summed E-state index contributed by atoms with van der Waals surface area (Å²) in [4.78, 5) is 17.0. The number of ether oxygens (including phenoxy) is 4. The van der Waals surface area contributed by atoms with Gasteiger partial charge in [-0.2, -0.15) is 18.3 Å². The Morgan fingerprint density at radius 1 is 0.914 bits per heavy atom. The molecular formula is C23H15F3N4O5. The van der Waals surface area contributed by atoms with Crippen molar-refractivity contribution in [2.45, 2.75) is 12.7 Å². The molecule has 1 amide bonds. The maximum atomic E-state index is 13.9. The van der Waals surface area contributed by atoms with Gasteiger partial charge in [0.1, 0.15) is 0 Å². The normalized spacial score (nSPS) is 13.9. The van der Waals surface area contributed by atoms with Crippen molar-refractivity contribution in [3.05, 3.63) is 65.5 Å². The number of nitrogens with one attached hydrogen (secondary N) is 1. The van der Waals surface area contributed by atoms with E-state index in [0.717, 1.165) is 11.6 Å². The van der Waals surface area contributed by atoms with Crippen LogP contribution in [-0.2, 0) is 12.7 Å². The monoisotopic (exact) mass is 484 g/mol. The van der Waals surface area contributed by atoms with E-state index in [2.05, 4.69) is 15.4 Å². The highest BCUT2D eigenvalue weighted by Gasteiger charge is 2.36. The Labute approximate surface area is 195 Å². The van der Waals surface area contributed by atoms with Crippen molar-refractivity contribution >= 4 is 11.6 Å². The lowest BCUT2D eigenvalue weighted by molar-refractivity contribution is -0.142. The first kappa shape index (κ1) is 21.1. The Morgan fingerprint density at radius 2 is 1.60 bits per heavy atom. The lowest BCUT2D eigenvalue weighted by atomic mass is 10.1. The fourth-order valence-corrected chi connectivity index (χ4v) is 3.81. The summed E-state index contributed by atoms with van der Waals surface area (Å²) in [5.74, 6) is 1.42. The van der Waals surface area contributed by atoms with Crippen molar-refractivity contribution in [1.82, 2.24) is 19.9 Å². The van der Waals surface area contributed by atoms with Crippen LogP contribution in [0.4, 0.5) is 13.2 Å². The highest BCUT2D eigenvalue weighted by molar-refractivity contribution is 5.93. The summed E-state index contributed by atoms with van der Waals surface area (Å²) in [6.45, 7) is 0.271. The molecule has 0 spiro atoms. The Morgan fingerprint density at radius 3 is 2.34 bits per heavy atom. The number of carbonyl (C=O) groups is 1. The summed E-state index contributed by atoms with van der Waals surface area (Å²) in [6.07, 6.45) is -4.74. The second kappa shape index (κ2) is 7.79. The molecule has 2 aliphatic heterocycles. The van der Waals surface area contributed by atoms with Gasteiger partial charge in [-0.1, -0.05) is 6.07 Å². The van der Waals surface area contributed by atoms with Gasteiger partial charge in [0.15, 0.2) is 40.0 Å². The van der Waals surface area contributed by atoms with Crippen molar-refractivity contribution in [2.24, 2.45) is 0 Å². The van der Waals surface area contributed by atoms with Gasteiger partial charge in [0.05, 0.1) is 5.69 Å². The molecule has 0 fully saturated rings. The van der Waals surface area contributed by atoms with Crippen LogP contribution >= 0.6 is 0 Å². The van der Waals surface area contributed by atoms with E-state index in [0.29, 0.717) is 33.1 Å². The van der Waals surface area contributed by atoms with Gasteiger partial charge < -0.3 is 24.3 Å². The second-order valence-electron chi connectivity index (χ2n) is 7.76. The molecule has 1 N–H and O–H groups in total. The summed E-state index contributed by atoms with van der Waals surface area (Å²) < 4.78 is 63.3. The molecule has 0 radical (unpaired) electrons. The zero-order chi connectivity index (χ0) is 24.2. The van der Waals surface area contributed by atoms with Crippen LogP contribution in [0.2, 0.25) is 0 Å². The molecule has 2 aromatic heterocycles. The van der Waals surface area contributed by atoms with Crippen molar-refractivity contribution in [2.75, 3.05) is 13.6 Å². The molecule has 12 heteroatoms. The van der Waals surface area contributed by atoms with Gasteiger partial charge in [-0.05, 0) is 42.0 Å². The van der Waals surface area contributed by atoms with E-state index in [1.807, 2.05) is 0 Å². The van der Waals surface area contributed by atoms with Gasteiger partial charge in [0.2, 0.25) is 13.6 Å². The number of carbonyl (C=O) groups excluding carboxylic acids is 1. The van der Waals surface area contributed by atoms with E-state index in [1.165, 1.54) is 6.07 Å². The molecule has 0 aliphatic carbocycles. The minimum absolute atomic E-state index is 0.0341. The third-order valence-corrected chi connectivity index (χ3v) is 5.51. The van der Waals surface area contributed by atoms with Gasteiger partial charge in [-0.3, -0.25) is 4.79 Å². The number of amides is 1. The van der Waals surface area contributed by atoms with E-state index >= 15 is 0 Å². The summed E-state index contributed by atoms with van der Waals surface area (Å²) in [6, 6.07) is 12.0. The van der Waals surface area contributed by atoms with Gasteiger partial charge in [-0.25, -0.2) is 9.50 Å². The number of hydrogen-bond donors (Lipinski definition) is 1. The molecule has 2 aromatic carbocycles. The Balaban J connectivity index is 1.31. The van der Waals surface area contributed by atoms with Crippen LogP contribution in [-0.4, -0.2) is 34.1 Å². The Hall–Kier alpha value is -4.48. The van der Waals surface area contributed by atoms with E-state index in [9.17, 15) is 18.0 Å². The van der Waals surface area contributed by atoms with Gasteiger partial charge in [-0.15, -0.1) is 0 Å². The van der Waals surface area contributed by atoms with Crippen LogP contribution in [0.5, 0.6) is 23.0 Å². The fourth-order valence-electron chi connectivity index (χ4n) is 3.81.